The molecule has 0 aliphatic carbocycles. The molecule has 1 aliphatic heterocycles. The van der Waals surface area contributed by atoms with Crippen LogP contribution in [0.3, 0.4) is 0 Å². The number of rotatable bonds is 4. The summed E-state index contributed by atoms with van der Waals surface area (Å²) in [6.07, 6.45) is 2.18. The minimum atomic E-state index is 0.199. The number of nitrogens with zero attached hydrogens (tertiary/aromatic N) is 1. The van der Waals surface area contributed by atoms with Crippen molar-refractivity contribution in [2.75, 3.05) is 19.6 Å². The number of piperidine rings is 1. The number of likely N-dealkylation sites (tertiary alicyclic amines) is 1. The fourth-order valence-electron chi connectivity index (χ4n) is 3.30. The Morgan fingerprint density at radius 2 is 2.10 bits per heavy atom. The fraction of sp³-hybridized carbons (Fsp3) is 0.611. The number of aryl methyl sites for hydroxylation is 2. The molecule has 1 aliphatic rings. The maximum Gasteiger partial charge on any atom is 0.254 e. The van der Waals surface area contributed by atoms with Crippen molar-refractivity contribution in [1.82, 2.24) is 10.2 Å². The summed E-state index contributed by atoms with van der Waals surface area (Å²) in [5.41, 5.74) is 3.10. The standard InChI is InChI=1S/C18H28N2O/c1-5-15-12-20(10-9-17(15)19-6-2)18(21)16-11-13(3)7-8-14(16)4/h7-8,11,15,17,19H,5-6,9-10,12H2,1-4H3. The molecular formula is C18H28N2O. The van der Waals surface area contributed by atoms with E-state index in [1.54, 1.807) is 0 Å². The van der Waals surface area contributed by atoms with Gasteiger partial charge in [-0.05, 0) is 44.4 Å². The first-order chi connectivity index (χ1) is 10.1. The molecule has 2 unspecified atom stereocenters. The van der Waals surface area contributed by atoms with Gasteiger partial charge in [0.2, 0.25) is 0 Å². The molecule has 0 saturated carbocycles. The van der Waals surface area contributed by atoms with E-state index < -0.39 is 0 Å². The lowest BCUT2D eigenvalue weighted by Crippen LogP contribution is -2.51. The molecule has 1 saturated heterocycles. The molecule has 0 bridgehead atoms. The number of amides is 1. The zero-order chi connectivity index (χ0) is 15.4. The van der Waals surface area contributed by atoms with Gasteiger partial charge in [-0.3, -0.25) is 4.79 Å². The van der Waals surface area contributed by atoms with E-state index in [9.17, 15) is 4.79 Å². The van der Waals surface area contributed by atoms with Crippen molar-refractivity contribution in [3.63, 3.8) is 0 Å². The molecule has 0 aromatic heterocycles. The predicted molar refractivity (Wildman–Crippen MR) is 87.7 cm³/mol. The van der Waals surface area contributed by atoms with Crippen LogP contribution in [0.25, 0.3) is 0 Å². The van der Waals surface area contributed by atoms with E-state index in [0.717, 1.165) is 49.2 Å². The highest BCUT2D eigenvalue weighted by Crippen LogP contribution is 2.23. The van der Waals surface area contributed by atoms with E-state index in [4.69, 9.17) is 0 Å². The minimum Gasteiger partial charge on any atom is -0.338 e. The average Bonchev–Trinajstić information content (AvgIpc) is 2.49. The van der Waals surface area contributed by atoms with Crippen molar-refractivity contribution in [2.45, 2.75) is 46.6 Å². The molecule has 1 heterocycles. The van der Waals surface area contributed by atoms with Crippen LogP contribution in [0, 0.1) is 19.8 Å². The van der Waals surface area contributed by atoms with Crippen LogP contribution in [0.2, 0.25) is 0 Å². The van der Waals surface area contributed by atoms with Crippen molar-refractivity contribution in [3.05, 3.63) is 34.9 Å². The minimum absolute atomic E-state index is 0.199. The lowest BCUT2D eigenvalue weighted by atomic mass is 9.89. The second-order valence-electron chi connectivity index (χ2n) is 6.19. The van der Waals surface area contributed by atoms with Crippen molar-refractivity contribution < 1.29 is 4.79 Å². The molecular weight excluding hydrogens is 260 g/mol. The van der Waals surface area contributed by atoms with Gasteiger partial charge in [-0.1, -0.05) is 38.0 Å². The Balaban J connectivity index is 2.12. The molecule has 1 fully saturated rings. The van der Waals surface area contributed by atoms with Gasteiger partial charge in [-0.15, -0.1) is 0 Å². The highest BCUT2D eigenvalue weighted by molar-refractivity contribution is 5.95. The van der Waals surface area contributed by atoms with Gasteiger partial charge >= 0.3 is 0 Å². The zero-order valence-corrected chi connectivity index (χ0v) is 13.8. The maximum absolute atomic E-state index is 12.8. The first-order valence-corrected chi connectivity index (χ1v) is 8.16. The molecule has 3 nitrogen and oxygen atoms in total. The van der Waals surface area contributed by atoms with E-state index >= 15 is 0 Å². The third-order valence-electron chi connectivity index (χ3n) is 4.64. The van der Waals surface area contributed by atoms with Crippen LogP contribution >= 0.6 is 0 Å². The van der Waals surface area contributed by atoms with Gasteiger partial charge in [0.05, 0.1) is 0 Å². The number of hydrogen-bond acceptors (Lipinski definition) is 2. The number of hydrogen-bond donors (Lipinski definition) is 1. The van der Waals surface area contributed by atoms with Crippen LogP contribution in [-0.2, 0) is 0 Å². The normalized spacial score (nSPS) is 22.4. The second-order valence-corrected chi connectivity index (χ2v) is 6.19. The van der Waals surface area contributed by atoms with Crippen molar-refractivity contribution >= 4 is 5.91 Å². The molecule has 2 rings (SSSR count). The number of carbonyl (C=O) groups is 1. The van der Waals surface area contributed by atoms with Crippen LogP contribution in [0.4, 0.5) is 0 Å². The van der Waals surface area contributed by atoms with Gasteiger partial charge in [-0.2, -0.15) is 0 Å². The van der Waals surface area contributed by atoms with E-state index in [0.29, 0.717) is 12.0 Å². The Labute approximate surface area is 128 Å². The van der Waals surface area contributed by atoms with Gasteiger partial charge < -0.3 is 10.2 Å². The molecule has 21 heavy (non-hydrogen) atoms. The second kappa shape index (κ2) is 7.08. The van der Waals surface area contributed by atoms with Crippen LogP contribution in [0.15, 0.2) is 18.2 Å². The predicted octanol–water partition coefficient (Wildman–Crippen LogP) is 3.15. The molecule has 1 amide bonds. The van der Waals surface area contributed by atoms with E-state index in [2.05, 4.69) is 25.2 Å². The van der Waals surface area contributed by atoms with Gasteiger partial charge in [0, 0.05) is 24.7 Å². The van der Waals surface area contributed by atoms with E-state index in [1.165, 1.54) is 0 Å². The molecule has 1 aromatic carbocycles. The third kappa shape index (κ3) is 3.65. The molecule has 1 N–H and O–H groups in total. The SMILES string of the molecule is CCNC1CCN(C(=O)c2cc(C)ccc2C)CC1CC. The summed E-state index contributed by atoms with van der Waals surface area (Å²) in [7, 11) is 0. The Morgan fingerprint density at radius 3 is 2.76 bits per heavy atom. The quantitative estimate of drug-likeness (QED) is 0.923. The van der Waals surface area contributed by atoms with Crippen LogP contribution in [-0.4, -0.2) is 36.5 Å². The summed E-state index contributed by atoms with van der Waals surface area (Å²) in [6, 6.07) is 6.70. The highest BCUT2D eigenvalue weighted by atomic mass is 16.2. The fourth-order valence-corrected chi connectivity index (χ4v) is 3.30. The topological polar surface area (TPSA) is 32.3 Å². The molecule has 116 valence electrons. The first kappa shape index (κ1) is 16.0. The van der Waals surface area contributed by atoms with Gasteiger partial charge in [-0.25, -0.2) is 0 Å². The maximum atomic E-state index is 12.8. The summed E-state index contributed by atoms with van der Waals surface area (Å²) >= 11 is 0. The van der Waals surface area contributed by atoms with Gasteiger partial charge in [0.25, 0.3) is 5.91 Å². The Morgan fingerprint density at radius 1 is 1.33 bits per heavy atom. The highest BCUT2D eigenvalue weighted by Gasteiger charge is 2.30. The smallest absolute Gasteiger partial charge is 0.254 e. The van der Waals surface area contributed by atoms with Crippen molar-refractivity contribution in [3.8, 4) is 0 Å². The van der Waals surface area contributed by atoms with E-state index in [1.807, 2.05) is 30.9 Å². The summed E-state index contributed by atoms with van der Waals surface area (Å²) < 4.78 is 0. The monoisotopic (exact) mass is 288 g/mol. The molecule has 0 spiro atoms. The lowest BCUT2D eigenvalue weighted by Gasteiger charge is -2.39. The van der Waals surface area contributed by atoms with Crippen LogP contribution in [0.5, 0.6) is 0 Å². The summed E-state index contributed by atoms with van der Waals surface area (Å²) in [5, 5.41) is 3.57. The summed E-state index contributed by atoms with van der Waals surface area (Å²) in [6.45, 7) is 11.2. The first-order valence-electron chi connectivity index (χ1n) is 8.16. The largest absolute Gasteiger partial charge is 0.338 e. The number of nitrogens with one attached hydrogen (secondary N) is 1. The Hall–Kier alpha value is -1.35. The average molecular weight is 288 g/mol. The van der Waals surface area contributed by atoms with Gasteiger partial charge in [0.15, 0.2) is 0 Å². The van der Waals surface area contributed by atoms with E-state index in [-0.39, 0.29) is 5.91 Å². The molecule has 0 radical (unpaired) electrons. The number of benzene rings is 1. The third-order valence-corrected chi connectivity index (χ3v) is 4.64. The molecule has 2 atom stereocenters. The van der Waals surface area contributed by atoms with Crippen LogP contribution < -0.4 is 5.32 Å². The summed E-state index contributed by atoms with van der Waals surface area (Å²) in [5.74, 6) is 0.761. The van der Waals surface area contributed by atoms with Crippen molar-refractivity contribution in [2.24, 2.45) is 5.92 Å². The molecule has 3 heteroatoms. The van der Waals surface area contributed by atoms with Gasteiger partial charge in [0.1, 0.15) is 0 Å². The molecule has 1 aromatic rings. The van der Waals surface area contributed by atoms with Crippen molar-refractivity contribution in [1.29, 1.82) is 0 Å². The zero-order valence-electron chi connectivity index (χ0n) is 13.8. The number of carbonyl (C=O) groups excluding carboxylic acids is 1. The lowest BCUT2D eigenvalue weighted by molar-refractivity contribution is 0.0627. The Bertz CT molecular complexity index is 498. The van der Waals surface area contributed by atoms with Crippen LogP contribution in [0.1, 0.15) is 48.2 Å². The Kier molecular flexibility index (Phi) is 5.40. The summed E-state index contributed by atoms with van der Waals surface area (Å²) in [4.78, 5) is 14.8.